The number of aromatic nitrogens is 1. The summed E-state index contributed by atoms with van der Waals surface area (Å²) in [5, 5.41) is 1.26. The minimum absolute atomic E-state index is 0.175. The molecule has 1 atom stereocenters. The van der Waals surface area contributed by atoms with E-state index in [1.165, 1.54) is 22.0 Å². The SMILES string of the molecule is Cn1cc([C@H]2CCC(=O)N2Cc2ccccc2)c2ccccc21. The molecule has 23 heavy (non-hydrogen) atoms. The highest BCUT2D eigenvalue weighted by molar-refractivity contribution is 5.86. The third-order valence-corrected chi connectivity index (χ3v) is 4.81. The van der Waals surface area contributed by atoms with Crippen LogP contribution in [0.3, 0.4) is 0 Å². The van der Waals surface area contributed by atoms with E-state index in [0.717, 1.165) is 6.42 Å². The second-order valence-electron chi connectivity index (χ2n) is 6.27. The molecule has 3 heteroatoms. The molecule has 1 amide bonds. The molecule has 0 saturated carbocycles. The number of carbonyl (C=O) groups excluding carboxylic acids is 1. The zero-order valence-corrected chi connectivity index (χ0v) is 13.3. The number of amides is 1. The van der Waals surface area contributed by atoms with Crippen molar-refractivity contribution in [3.05, 3.63) is 71.9 Å². The van der Waals surface area contributed by atoms with Gasteiger partial charge in [0.05, 0.1) is 6.04 Å². The Kier molecular flexibility index (Phi) is 3.41. The standard InChI is InChI=1S/C20H20N2O/c1-21-14-17(16-9-5-6-10-18(16)21)19-11-12-20(23)22(19)13-15-7-3-2-4-8-15/h2-10,14,19H,11-13H2,1H3/t19-/m1/s1. The molecule has 2 aromatic carbocycles. The van der Waals surface area contributed by atoms with Gasteiger partial charge in [-0.1, -0.05) is 48.5 Å². The van der Waals surface area contributed by atoms with E-state index in [0.29, 0.717) is 13.0 Å². The summed E-state index contributed by atoms with van der Waals surface area (Å²) >= 11 is 0. The van der Waals surface area contributed by atoms with E-state index in [2.05, 4.69) is 54.2 Å². The molecule has 1 aliphatic rings. The Balaban J connectivity index is 1.73. The maximum atomic E-state index is 12.4. The van der Waals surface area contributed by atoms with Gasteiger partial charge in [-0.3, -0.25) is 4.79 Å². The lowest BCUT2D eigenvalue weighted by molar-refractivity contribution is -0.129. The molecule has 1 aromatic heterocycles. The molecule has 1 fully saturated rings. The summed E-state index contributed by atoms with van der Waals surface area (Å²) in [6, 6.07) is 18.9. The van der Waals surface area contributed by atoms with E-state index in [-0.39, 0.29) is 11.9 Å². The van der Waals surface area contributed by atoms with Gasteiger partial charge in [0.1, 0.15) is 0 Å². The largest absolute Gasteiger partial charge is 0.350 e. The number of aryl methyl sites for hydroxylation is 1. The molecular formula is C20H20N2O. The van der Waals surface area contributed by atoms with Crippen molar-refractivity contribution in [3.63, 3.8) is 0 Å². The van der Waals surface area contributed by atoms with Crippen LogP contribution in [0, 0.1) is 0 Å². The number of likely N-dealkylation sites (tertiary alicyclic amines) is 1. The summed E-state index contributed by atoms with van der Waals surface area (Å²) in [6.07, 6.45) is 3.73. The van der Waals surface area contributed by atoms with Crippen LogP contribution in [0.4, 0.5) is 0 Å². The number of hydrogen-bond acceptors (Lipinski definition) is 1. The van der Waals surface area contributed by atoms with E-state index in [9.17, 15) is 4.79 Å². The Hall–Kier alpha value is -2.55. The lowest BCUT2D eigenvalue weighted by Gasteiger charge is -2.25. The van der Waals surface area contributed by atoms with Gasteiger partial charge in [-0.2, -0.15) is 0 Å². The van der Waals surface area contributed by atoms with Gasteiger partial charge < -0.3 is 9.47 Å². The summed E-state index contributed by atoms with van der Waals surface area (Å²) in [7, 11) is 2.07. The molecule has 0 bridgehead atoms. The van der Waals surface area contributed by atoms with Crippen LogP contribution in [0.15, 0.2) is 60.8 Å². The van der Waals surface area contributed by atoms with Crippen molar-refractivity contribution in [1.29, 1.82) is 0 Å². The average molecular weight is 304 g/mol. The van der Waals surface area contributed by atoms with Crippen molar-refractivity contribution < 1.29 is 4.79 Å². The number of rotatable bonds is 3. The zero-order chi connectivity index (χ0) is 15.8. The van der Waals surface area contributed by atoms with Crippen molar-refractivity contribution >= 4 is 16.8 Å². The number of hydrogen-bond donors (Lipinski definition) is 0. The van der Waals surface area contributed by atoms with Crippen molar-refractivity contribution in [1.82, 2.24) is 9.47 Å². The van der Waals surface area contributed by atoms with Crippen LogP contribution in [0.2, 0.25) is 0 Å². The Morgan fingerprint density at radius 3 is 2.61 bits per heavy atom. The first-order valence-electron chi connectivity index (χ1n) is 8.11. The molecule has 0 unspecified atom stereocenters. The lowest BCUT2D eigenvalue weighted by atomic mass is 10.0. The fourth-order valence-electron chi connectivity index (χ4n) is 3.67. The van der Waals surface area contributed by atoms with Crippen molar-refractivity contribution in [2.24, 2.45) is 7.05 Å². The molecule has 1 saturated heterocycles. The highest BCUT2D eigenvalue weighted by Crippen LogP contribution is 2.38. The fourth-order valence-corrected chi connectivity index (χ4v) is 3.67. The zero-order valence-electron chi connectivity index (χ0n) is 13.3. The molecule has 3 aromatic rings. The van der Waals surface area contributed by atoms with Crippen LogP contribution in [-0.4, -0.2) is 15.4 Å². The van der Waals surface area contributed by atoms with Crippen LogP contribution in [0.25, 0.3) is 10.9 Å². The molecule has 0 radical (unpaired) electrons. The predicted octanol–water partition coefficient (Wildman–Crippen LogP) is 4.04. The highest BCUT2D eigenvalue weighted by atomic mass is 16.2. The van der Waals surface area contributed by atoms with Crippen LogP contribution in [0.5, 0.6) is 0 Å². The summed E-state index contributed by atoms with van der Waals surface area (Å²) in [5.74, 6) is 0.256. The molecule has 3 nitrogen and oxygen atoms in total. The van der Waals surface area contributed by atoms with E-state index in [1.807, 2.05) is 23.1 Å². The molecular weight excluding hydrogens is 284 g/mol. The van der Waals surface area contributed by atoms with Gasteiger partial charge in [0.2, 0.25) is 5.91 Å². The first-order chi connectivity index (χ1) is 11.2. The van der Waals surface area contributed by atoms with E-state index < -0.39 is 0 Å². The summed E-state index contributed by atoms with van der Waals surface area (Å²) in [6.45, 7) is 0.688. The number of nitrogens with zero attached hydrogens (tertiary/aromatic N) is 2. The number of carbonyl (C=O) groups is 1. The first-order valence-corrected chi connectivity index (χ1v) is 8.11. The van der Waals surface area contributed by atoms with Gasteiger partial charge in [0.15, 0.2) is 0 Å². The second-order valence-corrected chi connectivity index (χ2v) is 6.27. The highest BCUT2D eigenvalue weighted by Gasteiger charge is 2.33. The Morgan fingerprint density at radius 1 is 1.04 bits per heavy atom. The molecule has 0 N–H and O–H groups in total. The van der Waals surface area contributed by atoms with Crippen LogP contribution < -0.4 is 0 Å². The van der Waals surface area contributed by atoms with Gasteiger partial charge in [-0.15, -0.1) is 0 Å². The quantitative estimate of drug-likeness (QED) is 0.717. The van der Waals surface area contributed by atoms with E-state index in [1.54, 1.807) is 0 Å². The lowest BCUT2D eigenvalue weighted by Crippen LogP contribution is -2.27. The van der Waals surface area contributed by atoms with Crippen molar-refractivity contribution in [3.8, 4) is 0 Å². The molecule has 4 rings (SSSR count). The van der Waals surface area contributed by atoms with Gasteiger partial charge in [0, 0.05) is 42.7 Å². The summed E-state index contributed by atoms with van der Waals surface area (Å²) < 4.78 is 2.16. The Labute approximate surface area is 136 Å². The fraction of sp³-hybridized carbons (Fsp3) is 0.250. The van der Waals surface area contributed by atoms with Gasteiger partial charge in [-0.25, -0.2) is 0 Å². The average Bonchev–Trinajstić information content (AvgIpc) is 3.10. The minimum Gasteiger partial charge on any atom is -0.350 e. The molecule has 116 valence electrons. The molecule has 0 spiro atoms. The van der Waals surface area contributed by atoms with Crippen LogP contribution in [-0.2, 0) is 18.4 Å². The van der Waals surface area contributed by atoms with E-state index in [4.69, 9.17) is 0 Å². The third-order valence-electron chi connectivity index (χ3n) is 4.81. The molecule has 2 heterocycles. The van der Waals surface area contributed by atoms with Crippen LogP contribution in [0.1, 0.15) is 30.0 Å². The maximum Gasteiger partial charge on any atom is 0.223 e. The third kappa shape index (κ3) is 2.42. The first kappa shape index (κ1) is 14.1. The van der Waals surface area contributed by atoms with Crippen LogP contribution >= 0.6 is 0 Å². The van der Waals surface area contributed by atoms with Gasteiger partial charge in [0.25, 0.3) is 0 Å². The number of para-hydroxylation sites is 1. The monoisotopic (exact) mass is 304 g/mol. The molecule has 0 aliphatic carbocycles. The minimum atomic E-state index is 0.175. The predicted molar refractivity (Wildman–Crippen MR) is 91.9 cm³/mol. The number of fused-ring (bicyclic) bond motifs is 1. The van der Waals surface area contributed by atoms with Gasteiger partial charge >= 0.3 is 0 Å². The normalized spacial score (nSPS) is 18.0. The van der Waals surface area contributed by atoms with Crippen molar-refractivity contribution in [2.75, 3.05) is 0 Å². The smallest absolute Gasteiger partial charge is 0.223 e. The maximum absolute atomic E-state index is 12.4. The van der Waals surface area contributed by atoms with E-state index >= 15 is 0 Å². The van der Waals surface area contributed by atoms with Gasteiger partial charge in [-0.05, 0) is 18.1 Å². The summed E-state index contributed by atoms with van der Waals surface area (Å²) in [4.78, 5) is 14.5. The number of benzene rings is 2. The second kappa shape index (κ2) is 5.58. The molecule has 1 aliphatic heterocycles. The Bertz CT molecular complexity index is 850. The topological polar surface area (TPSA) is 25.2 Å². The van der Waals surface area contributed by atoms with Crippen molar-refractivity contribution in [2.45, 2.75) is 25.4 Å². The summed E-state index contributed by atoms with van der Waals surface area (Å²) in [5.41, 5.74) is 3.68. The Morgan fingerprint density at radius 2 is 1.78 bits per heavy atom.